The van der Waals surface area contributed by atoms with Crippen molar-refractivity contribution < 1.29 is 15.3 Å². The molecule has 4 nitrogen and oxygen atoms in total. The summed E-state index contributed by atoms with van der Waals surface area (Å²) in [6, 6.07) is 2.47. The summed E-state index contributed by atoms with van der Waals surface area (Å²) in [4.78, 5) is 0. The molecule has 1 aromatic carbocycles. The van der Waals surface area contributed by atoms with Gasteiger partial charge in [0.05, 0.1) is 6.10 Å². The molecule has 70 valence electrons. The summed E-state index contributed by atoms with van der Waals surface area (Å²) >= 11 is 0. The van der Waals surface area contributed by atoms with E-state index in [-0.39, 0.29) is 17.5 Å². The second kappa shape index (κ2) is 2.61. The van der Waals surface area contributed by atoms with Gasteiger partial charge in [-0.2, -0.15) is 0 Å². The van der Waals surface area contributed by atoms with Crippen LogP contribution < -0.4 is 5.73 Å². The highest BCUT2D eigenvalue weighted by molar-refractivity contribution is 5.49. The number of rotatable bonds is 0. The van der Waals surface area contributed by atoms with Crippen LogP contribution in [0.15, 0.2) is 12.1 Å². The summed E-state index contributed by atoms with van der Waals surface area (Å²) in [5, 5.41) is 27.9. The van der Waals surface area contributed by atoms with Crippen LogP contribution in [0.4, 0.5) is 0 Å². The molecule has 0 aliphatic heterocycles. The zero-order valence-electron chi connectivity index (χ0n) is 6.94. The number of aliphatic hydroxyl groups is 1. The molecular weight excluding hydrogens is 170 g/mol. The first-order valence-electron chi connectivity index (χ1n) is 4.08. The van der Waals surface area contributed by atoms with Gasteiger partial charge in [0.25, 0.3) is 0 Å². The van der Waals surface area contributed by atoms with Crippen molar-refractivity contribution in [2.75, 3.05) is 0 Å². The van der Waals surface area contributed by atoms with Gasteiger partial charge >= 0.3 is 0 Å². The van der Waals surface area contributed by atoms with Crippen LogP contribution in [-0.2, 0) is 6.42 Å². The van der Waals surface area contributed by atoms with E-state index in [2.05, 4.69) is 0 Å². The molecule has 1 aromatic rings. The molecule has 0 fully saturated rings. The van der Waals surface area contributed by atoms with Gasteiger partial charge in [-0.05, 0) is 29.7 Å². The first kappa shape index (κ1) is 8.34. The third-order valence-corrected chi connectivity index (χ3v) is 2.42. The molecule has 0 bridgehead atoms. The third kappa shape index (κ3) is 1.15. The van der Waals surface area contributed by atoms with E-state index < -0.39 is 6.10 Å². The number of hydrogen-bond donors (Lipinski definition) is 4. The molecule has 2 atom stereocenters. The molecule has 0 saturated heterocycles. The fourth-order valence-electron chi connectivity index (χ4n) is 1.68. The average molecular weight is 181 g/mol. The van der Waals surface area contributed by atoms with E-state index in [9.17, 15) is 15.3 Å². The molecule has 0 amide bonds. The lowest BCUT2D eigenvalue weighted by molar-refractivity contribution is 0.159. The standard InChI is InChI=1S/C9H11NO3/c10-6-1-4-2-7(11)8(12)3-5(4)9(6)13/h2-3,6,9,11-13H,1,10H2. The Kier molecular flexibility index (Phi) is 1.68. The molecule has 5 N–H and O–H groups in total. The molecule has 1 aliphatic rings. The first-order valence-corrected chi connectivity index (χ1v) is 4.08. The van der Waals surface area contributed by atoms with Crippen LogP contribution in [0.3, 0.4) is 0 Å². The molecule has 2 rings (SSSR count). The maximum atomic E-state index is 9.55. The monoisotopic (exact) mass is 181 g/mol. The van der Waals surface area contributed by atoms with Crippen LogP contribution in [-0.4, -0.2) is 21.4 Å². The lowest BCUT2D eigenvalue weighted by Crippen LogP contribution is -2.24. The zero-order valence-corrected chi connectivity index (χ0v) is 6.94. The summed E-state index contributed by atoms with van der Waals surface area (Å²) in [5.41, 5.74) is 7.03. The summed E-state index contributed by atoms with van der Waals surface area (Å²) < 4.78 is 0. The normalized spacial score (nSPS) is 26.0. The van der Waals surface area contributed by atoms with Crippen molar-refractivity contribution in [3.8, 4) is 11.5 Å². The van der Waals surface area contributed by atoms with Crippen molar-refractivity contribution in [3.63, 3.8) is 0 Å². The smallest absolute Gasteiger partial charge is 0.157 e. The highest BCUT2D eigenvalue weighted by Crippen LogP contribution is 2.37. The van der Waals surface area contributed by atoms with Gasteiger partial charge in [0.15, 0.2) is 11.5 Å². The van der Waals surface area contributed by atoms with E-state index in [1.54, 1.807) is 0 Å². The van der Waals surface area contributed by atoms with Gasteiger partial charge in [-0.25, -0.2) is 0 Å². The Labute approximate surface area is 75.2 Å². The zero-order chi connectivity index (χ0) is 9.59. The highest BCUT2D eigenvalue weighted by Gasteiger charge is 2.29. The van der Waals surface area contributed by atoms with Crippen molar-refractivity contribution in [2.24, 2.45) is 5.73 Å². The van der Waals surface area contributed by atoms with E-state index in [1.165, 1.54) is 12.1 Å². The molecule has 0 spiro atoms. The van der Waals surface area contributed by atoms with Crippen LogP contribution in [0.5, 0.6) is 11.5 Å². The number of phenolic OH excluding ortho intramolecular Hbond substituents is 2. The summed E-state index contributed by atoms with van der Waals surface area (Å²) in [6.07, 6.45) is -0.203. The number of phenols is 2. The lowest BCUT2D eigenvalue weighted by Gasteiger charge is -2.08. The number of aromatic hydroxyl groups is 2. The molecule has 0 aromatic heterocycles. The Morgan fingerprint density at radius 2 is 1.85 bits per heavy atom. The van der Waals surface area contributed by atoms with Gasteiger partial charge in [0.1, 0.15) is 0 Å². The Bertz CT molecular complexity index is 351. The van der Waals surface area contributed by atoms with Gasteiger partial charge < -0.3 is 21.1 Å². The number of benzene rings is 1. The second-order valence-electron chi connectivity index (χ2n) is 3.35. The number of aliphatic hydroxyl groups excluding tert-OH is 1. The van der Waals surface area contributed by atoms with Crippen molar-refractivity contribution in [2.45, 2.75) is 18.6 Å². The number of hydrogen-bond acceptors (Lipinski definition) is 4. The highest BCUT2D eigenvalue weighted by atomic mass is 16.3. The average Bonchev–Trinajstić information content (AvgIpc) is 2.32. The second-order valence-corrected chi connectivity index (χ2v) is 3.35. The van der Waals surface area contributed by atoms with Crippen LogP contribution in [0, 0.1) is 0 Å². The minimum Gasteiger partial charge on any atom is -0.504 e. The fraction of sp³-hybridized carbons (Fsp3) is 0.333. The van der Waals surface area contributed by atoms with E-state index in [0.29, 0.717) is 12.0 Å². The lowest BCUT2D eigenvalue weighted by atomic mass is 10.1. The third-order valence-electron chi connectivity index (χ3n) is 2.42. The fourth-order valence-corrected chi connectivity index (χ4v) is 1.68. The SMILES string of the molecule is NC1Cc2cc(O)c(O)cc2C1O. The van der Waals surface area contributed by atoms with Crippen LogP contribution in [0.25, 0.3) is 0 Å². The number of nitrogens with two attached hydrogens (primary N) is 1. The Hall–Kier alpha value is -1.26. The van der Waals surface area contributed by atoms with E-state index in [1.807, 2.05) is 0 Å². The predicted molar refractivity (Wildman–Crippen MR) is 46.4 cm³/mol. The van der Waals surface area contributed by atoms with Crippen molar-refractivity contribution in [3.05, 3.63) is 23.3 Å². The predicted octanol–water partition coefficient (Wildman–Crippen LogP) is 0.0146. The molecule has 1 aliphatic carbocycles. The van der Waals surface area contributed by atoms with Crippen molar-refractivity contribution >= 4 is 0 Å². The first-order chi connectivity index (χ1) is 6.09. The molecule has 4 heteroatoms. The minimum absolute atomic E-state index is 0.167. The quantitative estimate of drug-likeness (QED) is 0.425. The van der Waals surface area contributed by atoms with Crippen LogP contribution >= 0.6 is 0 Å². The van der Waals surface area contributed by atoms with Crippen molar-refractivity contribution in [1.29, 1.82) is 0 Å². The summed E-state index contributed by atoms with van der Waals surface area (Å²) in [6.45, 7) is 0. The maximum Gasteiger partial charge on any atom is 0.157 e. The molecule has 0 heterocycles. The number of fused-ring (bicyclic) bond motifs is 1. The van der Waals surface area contributed by atoms with Gasteiger partial charge in [-0.1, -0.05) is 0 Å². The van der Waals surface area contributed by atoms with Crippen molar-refractivity contribution in [1.82, 2.24) is 0 Å². The van der Waals surface area contributed by atoms with Gasteiger partial charge in [-0.15, -0.1) is 0 Å². The Morgan fingerprint density at radius 3 is 2.54 bits per heavy atom. The molecule has 0 saturated carbocycles. The van der Waals surface area contributed by atoms with Gasteiger partial charge in [0.2, 0.25) is 0 Å². The summed E-state index contributed by atoms with van der Waals surface area (Å²) in [7, 11) is 0. The molecule has 13 heavy (non-hydrogen) atoms. The molecule has 2 unspecified atom stereocenters. The Balaban J connectivity index is 2.53. The topological polar surface area (TPSA) is 86.7 Å². The van der Waals surface area contributed by atoms with Gasteiger partial charge in [0, 0.05) is 6.04 Å². The van der Waals surface area contributed by atoms with Crippen LogP contribution in [0.2, 0.25) is 0 Å². The minimum atomic E-state index is -0.735. The van der Waals surface area contributed by atoms with E-state index in [4.69, 9.17) is 5.73 Å². The molecule has 0 radical (unpaired) electrons. The van der Waals surface area contributed by atoms with Crippen LogP contribution in [0.1, 0.15) is 17.2 Å². The maximum absolute atomic E-state index is 9.55. The Morgan fingerprint density at radius 1 is 1.23 bits per heavy atom. The largest absolute Gasteiger partial charge is 0.504 e. The molecular formula is C9H11NO3. The summed E-state index contributed by atoms with van der Waals surface area (Å²) in [5.74, 6) is -0.382. The van der Waals surface area contributed by atoms with E-state index >= 15 is 0 Å². The van der Waals surface area contributed by atoms with E-state index in [0.717, 1.165) is 5.56 Å². The van der Waals surface area contributed by atoms with Gasteiger partial charge in [-0.3, -0.25) is 0 Å².